The molecule has 1 atom stereocenters. The van der Waals surface area contributed by atoms with Crippen LogP contribution in [0.3, 0.4) is 0 Å². The monoisotopic (exact) mass is 376 g/mol. The molecule has 1 aliphatic heterocycles. The summed E-state index contributed by atoms with van der Waals surface area (Å²) in [5.74, 6) is 1.26. The van der Waals surface area contributed by atoms with Gasteiger partial charge in [0.15, 0.2) is 0 Å². The van der Waals surface area contributed by atoms with E-state index in [0.29, 0.717) is 24.5 Å². The lowest BCUT2D eigenvalue weighted by molar-refractivity contribution is -0.117. The van der Waals surface area contributed by atoms with Crippen LogP contribution in [-0.2, 0) is 11.3 Å². The molecule has 4 rings (SSSR count). The number of furan rings is 1. The lowest BCUT2D eigenvalue weighted by atomic mass is 9.99. The minimum absolute atomic E-state index is 0.0632. The van der Waals surface area contributed by atoms with Gasteiger partial charge in [0.1, 0.15) is 11.6 Å². The Morgan fingerprint density at radius 3 is 2.82 bits per heavy atom. The summed E-state index contributed by atoms with van der Waals surface area (Å²) in [6.07, 6.45) is 3.61. The average molecular weight is 376 g/mol. The Bertz CT molecular complexity index is 957. The molecule has 1 fully saturated rings. The molecule has 0 aliphatic carbocycles. The highest BCUT2D eigenvalue weighted by Gasteiger charge is 2.31. The van der Waals surface area contributed by atoms with Gasteiger partial charge in [0.25, 0.3) is 0 Å². The van der Waals surface area contributed by atoms with Crippen LogP contribution in [0.1, 0.15) is 23.7 Å². The van der Waals surface area contributed by atoms with Crippen molar-refractivity contribution in [1.82, 2.24) is 10.3 Å². The number of benzene rings is 1. The summed E-state index contributed by atoms with van der Waals surface area (Å²) in [4.78, 5) is 30.5. The number of aromatic nitrogens is 1. The second-order valence-corrected chi connectivity index (χ2v) is 6.60. The molecule has 0 radical (unpaired) electrons. The Labute approximate surface area is 162 Å². The van der Waals surface area contributed by atoms with Crippen LogP contribution in [0.4, 0.5) is 16.3 Å². The second-order valence-electron chi connectivity index (χ2n) is 6.60. The van der Waals surface area contributed by atoms with Crippen molar-refractivity contribution in [2.75, 3.05) is 16.8 Å². The van der Waals surface area contributed by atoms with Crippen LogP contribution < -0.4 is 15.5 Å². The molecule has 7 nitrogen and oxygen atoms in total. The number of amides is 3. The third kappa shape index (κ3) is 4.03. The van der Waals surface area contributed by atoms with Gasteiger partial charge in [0.05, 0.1) is 12.8 Å². The fraction of sp³-hybridized carbons (Fsp3) is 0.190. The molecule has 2 N–H and O–H groups in total. The van der Waals surface area contributed by atoms with Crippen molar-refractivity contribution in [2.24, 2.45) is 0 Å². The smallest absolute Gasteiger partial charge is 0.320 e. The highest BCUT2D eigenvalue weighted by atomic mass is 16.3. The van der Waals surface area contributed by atoms with Gasteiger partial charge in [-0.2, -0.15) is 0 Å². The predicted molar refractivity (Wildman–Crippen MR) is 105 cm³/mol. The first-order valence-corrected chi connectivity index (χ1v) is 9.07. The summed E-state index contributed by atoms with van der Waals surface area (Å²) in [5.41, 5.74) is 1.88. The molecule has 1 aromatic carbocycles. The van der Waals surface area contributed by atoms with Gasteiger partial charge >= 0.3 is 6.03 Å². The van der Waals surface area contributed by atoms with E-state index >= 15 is 0 Å². The fourth-order valence-electron chi connectivity index (χ4n) is 3.30. The Balaban J connectivity index is 1.40. The molecular formula is C21H20N4O3. The molecule has 142 valence electrons. The minimum atomic E-state index is -0.393. The van der Waals surface area contributed by atoms with E-state index in [9.17, 15) is 9.59 Å². The van der Waals surface area contributed by atoms with Crippen molar-refractivity contribution in [3.05, 3.63) is 78.4 Å². The molecule has 7 heteroatoms. The molecule has 0 spiro atoms. The summed E-state index contributed by atoms with van der Waals surface area (Å²) in [6, 6.07) is 16.7. The maximum absolute atomic E-state index is 12.5. The highest BCUT2D eigenvalue weighted by Crippen LogP contribution is 2.32. The molecule has 1 saturated heterocycles. The Kier molecular flexibility index (Phi) is 5.05. The first-order valence-electron chi connectivity index (χ1n) is 9.07. The first kappa shape index (κ1) is 17.8. The Morgan fingerprint density at radius 2 is 2.04 bits per heavy atom. The van der Waals surface area contributed by atoms with Crippen molar-refractivity contribution in [3.8, 4) is 0 Å². The summed E-state index contributed by atoms with van der Waals surface area (Å²) in [7, 11) is 0. The lowest BCUT2D eigenvalue weighted by Gasteiger charge is -2.17. The van der Waals surface area contributed by atoms with E-state index in [-0.39, 0.29) is 18.4 Å². The third-order valence-electron chi connectivity index (χ3n) is 4.70. The first-order chi connectivity index (χ1) is 13.7. The van der Waals surface area contributed by atoms with Gasteiger partial charge in [-0.1, -0.05) is 30.3 Å². The van der Waals surface area contributed by atoms with Crippen molar-refractivity contribution in [3.63, 3.8) is 0 Å². The molecule has 1 unspecified atom stereocenters. The zero-order valence-electron chi connectivity index (χ0n) is 15.2. The van der Waals surface area contributed by atoms with Crippen LogP contribution in [0, 0.1) is 0 Å². The number of carbonyl (C=O) groups excluding carboxylic acids is 2. The molecular weight excluding hydrogens is 356 g/mol. The fourth-order valence-corrected chi connectivity index (χ4v) is 3.30. The van der Waals surface area contributed by atoms with E-state index in [1.807, 2.05) is 30.3 Å². The molecule has 1 aliphatic rings. The van der Waals surface area contributed by atoms with E-state index < -0.39 is 6.03 Å². The average Bonchev–Trinajstić information content (AvgIpc) is 3.37. The standard InChI is InChI=1S/C21H20N4O3/c26-20-11-16(15-5-2-1-3-6-15)14-25(20)17-8-9-22-19(12-17)24-21(27)23-13-18-7-4-10-28-18/h1-10,12,16H,11,13-14H2,(H2,22,23,24,27). The largest absolute Gasteiger partial charge is 0.467 e. The molecule has 0 saturated carbocycles. The number of hydrogen-bond donors (Lipinski definition) is 2. The topological polar surface area (TPSA) is 87.5 Å². The maximum atomic E-state index is 12.5. The maximum Gasteiger partial charge on any atom is 0.320 e. The van der Waals surface area contributed by atoms with Crippen molar-refractivity contribution in [1.29, 1.82) is 0 Å². The van der Waals surface area contributed by atoms with Crippen molar-refractivity contribution < 1.29 is 14.0 Å². The third-order valence-corrected chi connectivity index (χ3v) is 4.70. The van der Waals surface area contributed by atoms with E-state index in [0.717, 1.165) is 11.3 Å². The van der Waals surface area contributed by atoms with Gasteiger partial charge < -0.3 is 14.6 Å². The molecule has 0 bridgehead atoms. The molecule has 3 heterocycles. The zero-order chi connectivity index (χ0) is 19.3. The van der Waals surface area contributed by atoms with Crippen molar-refractivity contribution in [2.45, 2.75) is 18.9 Å². The van der Waals surface area contributed by atoms with Gasteiger partial charge in [0, 0.05) is 36.8 Å². The van der Waals surface area contributed by atoms with Gasteiger partial charge in [-0.15, -0.1) is 0 Å². The highest BCUT2D eigenvalue weighted by molar-refractivity contribution is 5.97. The Hall–Kier alpha value is -3.61. The Morgan fingerprint density at radius 1 is 1.18 bits per heavy atom. The summed E-state index contributed by atoms with van der Waals surface area (Å²) in [6.45, 7) is 0.888. The normalized spacial score (nSPS) is 16.2. The quantitative estimate of drug-likeness (QED) is 0.713. The number of anilines is 2. The van der Waals surface area contributed by atoms with Crippen LogP contribution in [0.2, 0.25) is 0 Å². The van der Waals surface area contributed by atoms with Gasteiger partial charge in [0.2, 0.25) is 5.91 Å². The van der Waals surface area contributed by atoms with Crippen LogP contribution in [0.25, 0.3) is 0 Å². The van der Waals surface area contributed by atoms with Gasteiger partial charge in [-0.05, 0) is 23.8 Å². The van der Waals surface area contributed by atoms with Crippen LogP contribution >= 0.6 is 0 Å². The number of rotatable bonds is 5. The summed E-state index contributed by atoms with van der Waals surface area (Å²) in [5, 5.41) is 5.38. The number of hydrogen-bond acceptors (Lipinski definition) is 4. The number of nitrogens with zero attached hydrogens (tertiary/aromatic N) is 2. The zero-order valence-corrected chi connectivity index (χ0v) is 15.2. The summed E-state index contributed by atoms with van der Waals surface area (Å²) < 4.78 is 5.18. The van der Waals surface area contributed by atoms with E-state index in [1.54, 1.807) is 41.6 Å². The van der Waals surface area contributed by atoms with E-state index in [2.05, 4.69) is 15.6 Å². The second kappa shape index (κ2) is 7.96. The number of carbonyl (C=O) groups is 2. The SMILES string of the molecule is O=C(NCc1ccco1)Nc1cc(N2CC(c3ccccc3)CC2=O)ccn1. The molecule has 28 heavy (non-hydrogen) atoms. The number of nitrogens with one attached hydrogen (secondary N) is 2. The van der Waals surface area contributed by atoms with Crippen molar-refractivity contribution >= 4 is 23.4 Å². The lowest BCUT2D eigenvalue weighted by Crippen LogP contribution is -2.29. The molecule has 2 aromatic heterocycles. The summed E-state index contributed by atoms with van der Waals surface area (Å²) >= 11 is 0. The van der Waals surface area contributed by atoms with Crippen LogP contribution in [0.15, 0.2) is 71.5 Å². The number of pyridine rings is 1. The minimum Gasteiger partial charge on any atom is -0.467 e. The molecule has 3 aromatic rings. The van der Waals surface area contributed by atoms with E-state index in [1.165, 1.54) is 0 Å². The van der Waals surface area contributed by atoms with Gasteiger partial charge in [-0.25, -0.2) is 9.78 Å². The van der Waals surface area contributed by atoms with Crippen LogP contribution in [-0.4, -0.2) is 23.5 Å². The molecule has 3 amide bonds. The van der Waals surface area contributed by atoms with Crippen LogP contribution in [0.5, 0.6) is 0 Å². The number of urea groups is 1. The van der Waals surface area contributed by atoms with Gasteiger partial charge in [-0.3, -0.25) is 10.1 Å². The van der Waals surface area contributed by atoms with E-state index in [4.69, 9.17) is 4.42 Å². The predicted octanol–water partition coefficient (Wildman–Crippen LogP) is 3.52.